The molecule has 0 saturated heterocycles. The van der Waals surface area contributed by atoms with Gasteiger partial charge in [-0.25, -0.2) is 0 Å². The molecule has 0 spiro atoms. The number of fused-ring (bicyclic) bond motifs is 1. The van der Waals surface area contributed by atoms with Crippen LogP contribution < -0.4 is 9.64 Å². The first-order valence-electron chi connectivity index (χ1n) is 4.28. The number of hydrogen-bond acceptors (Lipinski definition) is 2. The van der Waals surface area contributed by atoms with Gasteiger partial charge in [-0.1, -0.05) is 12.1 Å². The average Bonchev–Trinajstić information content (AvgIpc) is 2.18. The Morgan fingerprint density at radius 3 is 3.08 bits per heavy atom. The largest absolute Gasteiger partial charge is 0.489 e. The molecule has 1 atom stereocenters. The van der Waals surface area contributed by atoms with E-state index in [1.54, 1.807) is 4.90 Å². The van der Waals surface area contributed by atoms with Gasteiger partial charge in [0.15, 0.2) is 0 Å². The lowest BCUT2D eigenvalue weighted by Gasteiger charge is -2.31. The van der Waals surface area contributed by atoms with Crippen LogP contribution in [0.4, 0.5) is 5.69 Å². The molecule has 1 heterocycles. The van der Waals surface area contributed by atoms with Gasteiger partial charge in [-0.3, -0.25) is 4.79 Å². The molecule has 2 rings (SSSR count). The fourth-order valence-electron chi connectivity index (χ4n) is 1.48. The molecule has 0 radical (unpaired) electrons. The van der Waals surface area contributed by atoms with Crippen molar-refractivity contribution in [2.45, 2.75) is 13.0 Å². The maximum Gasteiger partial charge on any atom is 0.214 e. The normalized spacial score (nSPS) is 20.4. The summed E-state index contributed by atoms with van der Waals surface area (Å²) in [5, 5.41) is 0. The van der Waals surface area contributed by atoms with Crippen molar-refractivity contribution in [1.29, 1.82) is 0 Å². The Labute approximate surface area is 76.9 Å². The molecule has 3 heteroatoms. The number of amides is 1. The number of benzene rings is 1. The fourth-order valence-corrected chi connectivity index (χ4v) is 1.48. The lowest BCUT2D eigenvalue weighted by atomic mass is 10.2. The first kappa shape index (κ1) is 8.10. The minimum absolute atomic E-state index is 0.118. The molecule has 0 aliphatic carbocycles. The minimum Gasteiger partial charge on any atom is -0.489 e. The molecule has 3 nitrogen and oxygen atoms in total. The molecule has 0 aromatic heterocycles. The average molecular weight is 177 g/mol. The predicted molar refractivity (Wildman–Crippen MR) is 49.9 cm³/mol. The molecule has 1 aromatic carbocycles. The van der Waals surface area contributed by atoms with Crippen molar-refractivity contribution in [3.63, 3.8) is 0 Å². The van der Waals surface area contributed by atoms with Crippen LogP contribution in [0.5, 0.6) is 5.75 Å². The van der Waals surface area contributed by atoms with Crippen molar-refractivity contribution >= 4 is 12.1 Å². The van der Waals surface area contributed by atoms with Gasteiger partial charge in [-0.2, -0.15) is 0 Å². The van der Waals surface area contributed by atoms with Gasteiger partial charge in [-0.15, -0.1) is 0 Å². The topological polar surface area (TPSA) is 29.5 Å². The Balaban J connectivity index is 2.45. The number of carbonyl (C=O) groups excluding carboxylic acids is 1. The quantitative estimate of drug-likeness (QED) is 0.607. The van der Waals surface area contributed by atoms with E-state index in [-0.39, 0.29) is 6.04 Å². The lowest BCUT2D eigenvalue weighted by Crippen LogP contribution is -2.39. The zero-order valence-electron chi connectivity index (χ0n) is 7.43. The molecule has 0 saturated carbocycles. The van der Waals surface area contributed by atoms with Gasteiger partial charge in [0.2, 0.25) is 6.41 Å². The summed E-state index contributed by atoms with van der Waals surface area (Å²) in [6, 6.07) is 7.68. The van der Waals surface area contributed by atoms with Gasteiger partial charge in [0.25, 0.3) is 0 Å². The molecule has 1 aromatic rings. The van der Waals surface area contributed by atoms with Crippen LogP contribution >= 0.6 is 0 Å². The maximum absolute atomic E-state index is 10.8. The number of para-hydroxylation sites is 2. The second kappa shape index (κ2) is 3.09. The minimum atomic E-state index is 0.118. The van der Waals surface area contributed by atoms with Crippen LogP contribution in [0.2, 0.25) is 0 Å². The van der Waals surface area contributed by atoms with E-state index in [4.69, 9.17) is 4.74 Å². The van der Waals surface area contributed by atoms with Crippen LogP contribution in [0.3, 0.4) is 0 Å². The molecule has 68 valence electrons. The highest BCUT2D eigenvalue weighted by molar-refractivity contribution is 5.80. The summed E-state index contributed by atoms with van der Waals surface area (Å²) in [6.07, 6.45) is 0.853. The molecule has 1 amide bonds. The molecule has 1 unspecified atom stereocenters. The first-order chi connectivity index (χ1) is 6.33. The van der Waals surface area contributed by atoms with Gasteiger partial charge in [0, 0.05) is 0 Å². The van der Waals surface area contributed by atoms with Crippen LogP contribution in [0, 0.1) is 0 Å². The second-order valence-corrected chi connectivity index (χ2v) is 3.14. The number of rotatable bonds is 1. The second-order valence-electron chi connectivity index (χ2n) is 3.14. The molecule has 0 N–H and O–H groups in total. The third-order valence-corrected chi connectivity index (χ3v) is 2.21. The number of nitrogens with zero attached hydrogens (tertiary/aromatic N) is 1. The highest BCUT2D eigenvalue weighted by Crippen LogP contribution is 2.31. The van der Waals surface area contributed by atoms with E-state index < -0.39 is 0 Å². The SMILES string of the molecule is CC1COc2ccccc2N1C=O. The van der Waals surface area contributed by atoms with Crippen molar-refractivity contribution < 1.29 is 9.53 Å². The van der Waals surface area contributed by atoms with Gasteiger partial charge in [0.1, 0.15) is 12.4 Å². The van der Waals surface area contributed by atoms with E-state index >= 15 is 0 Å². The zero-order chi connectivity index (χ0) is 9.26. The van der Waals surface area contributed by atoms with Crippen molar-refractivity contribution in [2.75, 3.05) is 11.5 Å². The summed E-state index contributed by atoms with van der Waals surface area (Å²) in [5.41, 5.74) is 0.858. The summed E-state index contributed by atoms with van der Waals surface area (Å²) in [4.78, 5) is 12.5. The highest BCUT2D eigenvalue weighted by atomic mass is 16.5. The monoisotopic (exact) mass is 177 g/mol. The lowest BCUT2D eigenvalue weighted by molar-refractivity contribution is -0.108. The Hall–Kier alpha value is -1.51. The summed E-state index contributed by atoms with van der Waals surface area (Å²) < 4.78 is 5.47. The third kappa shape index (κ3) is 1.26. The molecular weight excluding hydrogens is 166 g/mol. The summed E-state index contributed by atoms with van der Waals surface area (Å²) in [7, 11) is 0. The van der Waals surface area contributed by atoms with Crippen LogP contribution in [0.15, 0.2) is 24.3 Å². The molecule has 13 heavy (non-hydrogen) atoms. The Morgan fingerprint density at radius 1 is 1.54 bits per heavy atom. The summed E-state index contributed by atoms with van der Waals surface area (Å²) in [5.74, 6) is 0.785. The Bertz CT molecular complexity index is 324. The molecular formula is C10H11NO2. The van der Waals surface area contributed by atoms with E-state index in [1.165, 1.54) is 0 Å². The Morgan fingerprint density at radius 2 is 2.31 bits per heavy atom. The van der Waals surface area contributed by atoms with Gasteiger partial charge in [-0.05, 0) is 19.1 Å². The van der Waals surface area contributed by atoms with Crippen LogP contribution in [-0.2, 0) is 4.79 Å². The number of anilines is 1. The van der Waals surface area contributed by atoms with E-state index in [0.717, 1.165) is 17.8 Å². The van der Waals surface area contributed by atoms with E-state index in [2.05, 4.69) is 0 Å². The van der Waals surface area contributed by atoms with E-state index in [9.17, 15) is 4.79 Å². The standard InChI is InChI=1S/C10H11NO2/c1-8-6-13-10-5-3-2-4-9(10)11(8)7-12/h2-5,7-8H,6H2,1H3. The number of hydrogen-bond donors (Lipinski definition) is 0. The van der Waals surface area contributed by atoms with Gasteiger partial charge >= 0.3 is 0 Å². The van der Waals surface area contributed by atoms with Crippen molar-refractivity contribution in [3.05, 3.63) is 24.3 Å². The highest BCUT2D eigenvalue weighted by Gasteiger charge is 2.22. The Kier molecular flexibility index (Phi) is 1.93. The molecule has 0 bridgehead atoms. The summed E-state index contributed by atoms with van der Waals surface area (Å²) >= 11 is 0. The first-order valence-corrected chi connectivity index (χ1v) is 4.28. The van der Waals surface area contributed by atoms with Gasteiger partial charge in [0.05, 0.1) is 11.7 Å². The van der Waals surface area contributed by atoms with Crippen LogP contribution in [-0.4, -0.2) is 19.1 Å². The van der Waals surface area contributed by atoms with E-state index in [0.29, 0.717) is 6.61 Å². The smallest absolute Gasteiger partial charge is 0.214 e. The fraction of sp³-hybridized carbons (Fsp3) is 0.300. The summed E-state index contributed by atoms with van der Waals surface area (Å²) in [6.45, 7) is 2.53. The zero-order valence-corrected chi connectivity index (χ0v) is 7.43. The van der Waals surface area contributed by atoms with Crippen molar-refractivity contribution in [2.24, 2.45) is 0 Å². The van der Waals surface area contributed by atoms with Crippen LogP contribution in [0.25, 0.3) is 0 Å². The number of carbonyl (C=O) groups is 1. The molecule has 0 fully saturated rings. The number of ether oxygens (including phenoxy) is 1. The van der Waals surface area contributed by atoms with Crippen LogP contribution in [0.1, 0.15) is 6.92 Å². The molecule has 1 aliphatic rings. The predicted octanol–water partition coefficient (Wildman–Crippen LogP) is 1.43. The van der Waals surface area contributed by atoms with Gasteiger partial charge < -0.3 is 9.64 Å². The maximum atomic E-state index is 10.8. The molecule has 1 aliphatic heterocycles. The van der Waals surface area contributed by atoms with E-state index in [1.807, 2.05) is 31.2 Å². The van der Waals surface area contributed by atoms with Crippen molar-refractivity contribution in [3.8, 4) is 5.75 Å². The third-order valence-electron chi connectivity index (χ3n) is 2.21. The van der Waals surface area contributed by atoms with Crippen molar-refractivity contribution in [1.82, 2.24) is 0 Å².